The first kappa shape index (κ1) is 26.6. The Morgan fingerprint density at radius 2 is 1.76 bits per heavy atom. The first-order chi connectivity index (χ1) is 17.3. The highest BCUT2D eigenvalue weighted by atomic mass is 35.5. The van der Waals surface area contributed by atoms with Crippen LogP contribution in [0.15, 0.2) is 65.6 Å². The molecule has 0 aliphatic rings. The Balaban J connectivity index is 1.45. The summed E-state index contributed by atoms with van der Waals surface area (Å²) in [5, 5.41) is 13.2. The van der Waals surface area contributed by atoms with Gasteiger partial charge in [0.05, 0.1) is 21.0 Å². The third-order valence-corrected chi connectivity index (χ3v) is 7.33. The van der Waals surface area contributed by atoms with Crippen LogP contribution in [-0.2, 0) is 22.0 Å². The fourth-order valence-corrected chi connectivity index (χ4v) is 4.90. The van der Waals surface area contributed by atoms with Crippen LogP contribution < -0.4 is 10.0 Å². The molecule has 0 unspecified atom stereocenters. The molecule has 8 nitrogen and oxygen atoms in total. The van der Waals surface area contributed by atoms with E-state index in [1.165, 1.54) is 24.3 Å². The minimum Gasteiger partial charge on any atom is -0.382 e. The van der Waals surface area contributed by atoms with Gasteiger partial charge in [0, 0.05) is 18.3 Å². The van der Waals surface area contributed by atoms with Gasteiger partial charge in [-0.15, -0.1) is 0 Å². The zero-order chi connectivity index (χ0) is 27.0. The molecule has 4 rings (SSSR count). The largest absolute Gasteiger partial charge is 0.382 e. The molecule has 3 aromatic carbocycles. The number of aromatic nitrogens is 2. The normalized spacial score (nSPS) is 12.1. The third-order valence-electron chi connectivity index (χ3n) is 5.70. The van der Waals surface area contributed by atoms with Crippen molar-refractivity contribution in [1.29, 1.82) is 0 Å². The number of aryl methyl sites for hydroxylation is 1. The van der Waals surface area contributed by atoms with E-state index >= 15 is 0 Å². The van der Waals surface area contributed by atoms with Gasteiger partial charge in [-0.05, 0) is 63.1 Å². The maximum absolute atomic E-state index is 14.0. The molecule has 37 heavy (non-hydrogen) atoms. The maximum Gasteiger partial charge on any atom is 0.328 e. The van der Waals surface area contributed by atoms with Crippen molar-refractivity contribution in [3.63, 3.8) is 0 Å². The lowest BCUT2D eigenvalue weighted by molar-refractivity contribution is 0.0677. The predicted molar refractivity (Wildman–Crippen MR) is 140 cm³/mol. The Labute approximate surface area is 219 Å². The molecule has 0 aliphatic heterocycles. The smallest absolute Gasteiger partial charge is 0.328 e. The van der Waals surface area contributed by atoms with Crippen LogP contribution in [0, 0.1) is 12.7 Å². The van der Waals surface area contributed by atoms with Gasteiger partial charge in [-0.25, -0.2) is 27.3 Å². The van der Waals surface area contributed by atoms with E-state index < -0.39 is 27.5 Å². The lowest BCUT2D eigenvalue weighted by Gasteiger charge is -2.19. The van der Waals surface area contributed by atoms with Crippen LogP contribution in [0.25, 0.3) is 16.7 Å². The molecule has 1 heterocycles. The fraction of sp³-hybridized carbons (Fsp3) is 0.231. The van der Waals surface area contributed by atoms with E-state index in [9.17, 15) is 22.7 Å². The van der Waals surface area contributed by atoms with Crippen LogP contribution in [-0.4, -0.2) is 35.7 Å². The summed E-state index contributed by atoms with van der Waals surface area (Å²) in [7, 11) is -3.97. The zero-order valence-electron chi connectivity index (χ0n) is 20.4. The number of fused-ring (bicyclic) bond motifs is 1. The SMILES string of the molecule is Cc1ccc(S(=O)(=O)NC(=O)NCCc2ccc(-n3c(C(C)(C)O)nc4cc(F)c(Cl)cc43)cc2)cc1. The van der Waals surface area contributed by atoms with E-state index in [1.54, 1.807) is 30.5 Å². The van der Waals surface area contributed by atoms with Gasteiger partial charge in [-0.2, -0.15) is 0 Å². The summed E-state index contributed by atoms with van der Waals surface area (Å²) in [5.74, 6) is -0.273. The standard InChI is InChI=1S/C26H26ClFN4O4S/c1-16-4-10-19(11-5-16)37(35,36)31-25(33)29-13-12-17-6-8-18(9-7-17)32-23-14-20(27)21(28)15-22(23)30-24(32)26(2,3)34/h4-11,14-15,34H,12-13H2,1-3H3,(H2,29,31,33). The van der Waals surface area contributed by atoms with Crippen LogP contribution in [0.4, 0.5) is 9.18 Å². The number of nitrogens with one attached hydrogen (secondary N) is 2. The van der Waals surface area contributed by atoms with Gasteiger partial charge in [0.25, 0.3) is 10.0 Å². The molecule has 4 aromatic rings. The summed E-state index contributed by atoms with van der Waals surface area (Å²) >= 11 is 6.00. The molecule has 2 amide bonds. The highest BCUT2D eigenvalue weighted by Gasteiger charge is 2.26. The van der Waals surface area contributed by atoms with E-state index in [0.717, 1.165) is 11.1 Å². The van der Waals surface area contributed by atoms with E-state index in [0.29, 0.717) is 29.0 Å². The average Bonchev–Trinajstić information content (AvgIpc) is 3.18. The van der Waals surface area contributed by atoms with Crippen LogP contribution in [0.1, 0.15) is 30.8 Å². The van der Waals surface area contributed by atoms with E-state index in [-0.39, 0.29) is 16.5 Å². The Hall–Kier alpha value is -3.47. The summed E-state index contributed by atoms with van der Waals surface area (Å²) in [6, 6.07) is 15.3. The summed E-state index contributed by atoms with van der Waals surface area (Å²) in [5.41, 5.74) is 2.06. The first-order valence-corrected chi connectivity index (χ1v) is 13.3. The molecule has 0 fully saturated rings. The van der Waals surface area contributed by atoms with Crippen LogP contribution in [0.3, 0.4) is 0 Å². The average molecular weight is 545 g/mol. The molecule has 0 saturated carbocycles. The number of urea groups is 1. The number of benzene rings is 3. The van der Waals surface area contributed by atoms with Gasteiger partial charge in [-0.1, -0.05) is 41.4 Å². The molecule has 3 N–H and O–H groups in total. The van der Waals surface area contributed by atoms with Crippen molar-refractivity contribution in [2.45, 2.75) is 37.7 Å². The Bertz CT molecular complexity index is 1560. The van der Waals surface area contributed by atoms with Gasteiger partial charge < -0.3 is 10.4 Å². The van der Waals surface area contributed by atoms with Crippen LogP contribution >= 0.6 is 11.6 Å². The quantitative estimate of drug-likeness (QED) is 0.315. The predicted octanol–water partition coefficient (Wildman–Crippen LogP) is 4.58. The number of carbonyl (C=O) groups is 1. The van der Waals surface area contributed by atoms with Crippen molar-refractivity contribution < 1.29 is 22.7 Å². The van der Waals surface area contributed by atoms with Crippen molar-refractivity contribution in [2.75, 3.05) is 6.54 Å². The molecule has 0 radical (unpaired) electrons. The number of carbonyl (C=O) groups excluding carboxylic acids is 1. The minimum absolute atomic E-state index is 0.00492. The molecule has 0 aliphatic carbocycles. The van der Waals surface area contributed by atoms with Gasteiger partial charge in [0.1, 0.15) is 17.2 Å². The lowest BCUT2D eigenvalue weighted by atomic mass is 10.1. The second-order valence-electron chi connectivity index (χ2n) is 9.18. The molecule has 194 valence electrons. The summed E-state index contributed by atoms with van der Waals surface area (Å²) in [6.45, 7) is 5.22. The number of aliphatic hydroxyl groups is 1. The van der Waals surface area contributed by atoms with Crippen LogP contribution in [0.5, 0.6) is 0 Å². The van der Waals surface area contributed by atoms with E-state index in [1.807, 2.05) is 35.9 Å². The molecule has 0 atom stereocenters. The van der Waals surface area contributed by atoms with Crippen molar-refractivity contribution in [3.8, 4) is 5.69 Å². The molecule has 0 spiro atoms. The van der Waals surface area contributed by atoms with Crippen molar-refractivity contribution in [3.05, 3.63) is 88.5 Å². The Morgan fingerprint density at radius 1 is 1.11 bits per heavy atom. The van der Waals surface area contributed by atoms with Gasteiger partial charge in [0.15, 0.2) is 0 Å². The number of hydrogen-bond acceptors (Lipinski definition) is 5. The van der Waals surface area contributed by atoms with Crippen molar-refractivity contribution in [2.24, 2.45) is 0 Å². The topological polar surface area (TPSA) is 113 Å². The molecular formula is C26H26ClFN4O4S. The van der Waals surface area contributed by atoms with E-state index in [4.69, 9.17) is 11.6 Å². The molecule has 0 bridgehead atoms. The highest BCUT2D eigenvalue weighted by molar-refractivity contribution is 7.90. The lowest BCUT2D eigenvalue weighted by Crippen LogP contribution is -2.40. The number of imidazole rings is 1. The van der Waals surface area contributed by atoms with E-state index in [2.05, 4.69) is 10.3 Å². The summed E-state index contributed by atoms with van der Waals surface area (Å²) in [4.78, 5) is 16.6. The first-order valence-electron chi connectivity index (χ1n) is 11.4. The number of halogens is 2. The van der Waals surface area contributed by atoms with Crippen LogP contribution in [0.2, 0.25) is 5.02 Å². The summed E-state index contributed by atoms with van der Waals surface area (Å²) in [6.07, 6.45) is 0.443. The third kappa shape index (κ3) is 5.93. The number of sulfonamides is 1. The van der Waals surface area contributed by atoms with Gasteiger partial charge in [0.2, 0.25) is 0 Å². The summed E-state index contributed by atoms with van der Waals surface area (Å²) < 4.78 is 42.4. The number of rotatable bonds is 7. The minimum atomic E-state index is -3.97. The second kappa shape index (κ2) is 10.1. The van der Waals surface area contributed by atoms with Gasteiger partial charge >= 0.3 is 6.03 Å². The van der Waals surface area contributed by atoms with Gasteiger partial charge in [-0.3, -0.25) is 4.57 Å². The number of hydrogen-bond donors (Lipinski definition) is 3. The molecule has 0 saturated heterocycles. The molecular weight excluding hydrogens is 519 g/mol. The monoisotopic (exact) mass is 544 g/mol. The zero-order valence-corrected chi connectivity index (χ0v) is 22.0. The molecule has 11 heteroatoms. The Morgan fingerprint density at radius 3 is 2.38 bits per heavy atom. The van der Waals surface area contributed by atoms with Crippen molar-refractivity contribution >= 4 is 38.7 Å². The number of amides is 2. The fourth-order valence-electron chi connectivity index (χ4n) is 3.81. The second-order valence-corrected chi connectivity index (χ2v) is 11.3. The Kier molecular flexibility index (Phi) is 7.27. The number of nitrogens with zero attached hydrogens (tertiary/aromatic N) is 2. The van der Waals surface area contributed by atoms with Crippen molar-refractivity contribution in [1.82, 2.24) is 19.6 Å². The molecule has 1 aromatic heterocycles. The maximum atomic E-state index is 14.0. The highest BCUT2D eigenvalue weighted by Crippen LogP contribution is 2.31.